The summed E-state index contributed by atoms with van der Waals surface area (Å²) in [5, 5.41) is 13.6. The summed E-state index contributed by atoms with van der Waals surface area (Å²) in [5.41, 5.74) is -0.129. The van der Waals surface area contributed by atoms with Crippen molar-refractivity contribution in [1.29, 1.82) is 0 Å². The molecule has 1 N–H and O–H groups in total. The summed E-state index contributed by atoms with van der Waals surface area (Å²) in [6.07, 6.45) is 4.84. The van der Waals surface area contributed by atoms with Gasteiger partial charge in [0.25, 0.3) is 5.69 Å². The van der Waals surface area contributed by atoms with Gasteiger partial charge in [-0.1, -0.05) is 18.9 Å². The number of nitrogens with one attached hydrogen (secondary N) is 1. The van der Waals surface area contributed by atoms with Crippen molar-refractivity contribution >= 4 is 27.3 Å². The van der Waals surface area contributed by atoms with Gasteiger partial charge in [0.05, 0.1) is 16.9 Å². The number of nitro benzene ring substituents is 1. The summed E-state index contributed by atoms with van der Waals surface area (Å²) >= 11 is 0. The number of carbonyl (C=O) groups is 1. The second-order valence-corrected chi connectivity index (χ2v) is 7.50. The van der Waals surface area contributed by atoms with Crippen molar-refractivity contribution in [2.75, 3.05) is 17.1 Å². The maximum Gasteiger partial charge on any atom is 0.271 e. The number of hydrogen-bond acceptors (Lipinski definition) is 5. The number of nitrogens with zero attached hydrogens (tertiary/aromatic N) is 2. The summed E-state index contributed by atoms with van der Waals surface area (Å²) in [5.74, 6) is -0.408. The molecule has 23 heavy (non-hydrogen) atoms. The molecule has 0 radical (unpaired) electrons. The van der Waals surface area contributed by atoms with E-state index in [0.29, 0.717) is 0 Å². The van der Waals surface area contributed by atoms with E-state index in [1.165, 1.54) is 18.2 Å². The van der Waals surface area contributed by atoms with E-state index in [0.717, 1.165) is 42.3 Å². The molecule has 0 spiro atoms. The lowest BCUT2D eigenvalue weighted by molar-refractivity contribution is -0.384. The van der Waals surface area contributed by atoms with Gasteiger partial charge in [0.2, 0.25) is 15.9 Å². The second-order valence-electron chi connectivity index (χ2n) is 5.60. The number of nitro groups is 1. The van der Waals surface area contributed by atoms with E-state index >= 15 is 0 Å². The number of anilines is 1. The fourth-order valence-corrected chi connectivity index (χ4v) is 3.48. The highest BCUT2D eigenvalue weighted by atomic mass is 32.2. The Bertz CT molecular complexity index is 698. The number of sulfonamides is 1. The van der Waals surface area contributed by atoms with Gasteiger partial charge >= 0.3 is 0 Å². The largest absolute Gasteiger partial charge is 0.352 e. The highest BCUT2D eigenvalue weighted by Crippen LogP contribution is 2.23. The summed E-state index contributed by atoms with van der Waals surface area (Å²) in [6.45, 7) is -0.392. The smallest absolute Gasteiger partial charge is 0.271 e. The highest BCUT2D eigenvalue weighted by Gasteiger charge is 2.24. The second kappa shape index (κ2) is 6.95. The van der Waals surface area contributed by atoms with Crippen LogP contribution < -0.4 is 9.62 Å². The number of hydrogen-bond donors (Lipinski definition) is 1. The predicted molar refractivity (Wildman–Crippen MR) is 85.7 cm³/mol. The average molecular weight is 341 g/mol. The van der Waals surface area contributed by atoms with Gasteiger partial charge in [-0.3, -0.25) is 19.2 Å². The average Bonchev–Trinajstić information content (AvgIpc) is 2.96. The van der Waals surface area contributed by atoms with Gasteiger partial charge < -0.3 is 5.32 Å². The molecule has 1 aromatic carbocycles. The van der Waals surface area contributed by atoms with Gasteiger partial charge in [0, 0.05) is 18.2 Å². The van der Waals surface area contributed by atoms with E-state index < -0.39 is 27.4 Å². The highest BCUT2D eigenvalue weighted by molar-refractivity contribution is 7.92. The number of rotatable bonds is 6. The van der Waals surface area contributed by atoms with Gasteiger partial charge in [-0.2, -0.15) is 0 Å². The molecule has 1 aliphatic rings. The molecule has 0 saturated heterocycles. The van der Waals surface area contributed by atoms with E-state index in [9.17, 15) is 23.3 Å². The first-order chi connectivity index (χ1) is 10.8. The van der Waals surface area contributed by atoms with Crippen molar-refractivity contribution in [2.45, 2.75) is 31.7 Å². The fraction of sp³-hybridized carbons (Fsp3) is 0.500. The van der Waals surface area contributed by atoms with E-state index in [-0.39, 0.29) is 17.4 Å². The molecular weight excluding hydrogens is 322 g/mol. The molecule has 1 aliphatic carbocycles. The Kier molecular flexibility index (Phi) is 5.19. The monoisotopic (exact) mass is 341 g/mol. The first-order valence-electron chi connectivity index (χ1n) is 7.29. The van der Waals surface area contributed by atoms with Crippen LogP contribution in [0.3, 0.4) is 0 Å². The lowest BCUT2D eigenvalue weighted by Gasteiger charge is -2.22. The molecular formula is C14H19N3O5S. The molecule has 126 valence electrons. The molecule has 0 aliphatic heterocycles. The van der Waals surface area contributed by atoms with E-state index in [1.807, 2.05) is 0 Å². The van der Waals surface area contributed by atoms with Crippen LogP contribution in [0.2, 0.25) is 0 Å². The zero-order chi connectivity index (χ0) is 17.0. The standard InChI is InChI=1S/C14H19N3O5S/c1-23(21,22)16(10-14(18)15-11-5-2-3-6-11)12-7-4-8-13(9-12)17(19)20/h4,7-9,11H,2-3,5-6,10H2,1H3,(H,15,18). The maximum absolute atomic E-state index is 12.1. The van der Waals surface area contributed by atoms with E-state index in [1.54, 1.807) is 0 Å². The topological polar surface area (TPSA) is 110 Å². The molecule has 1 fully saturated rings. The Balaban J connectivity index is 2.18. The summed E-state index contributed by atoms with van der Waals surface area (Å²) < 4.78 is 24.8. The minimum absolute atomic E-state index is 0.0778. The van der Waals surface area contributed by atoms with Gasteiger partial charge in [0.1, 0.15) is 6.54 Å². The van der Waals surface area contributed by atoms with Crippen molar-refractivity contribution in [3.8, 4) is 0 Å². The van der Waals surface area contributed by atoms with Crippen LogP contribution in [0.1, 0.15) is 25.7 Å². The van der Waals surface area contributed by atoms with Crippen LogP contribution in [-0.4, -0.2) is 38.1 Å². The van der Waals surface area contributed by atoms with E-state index in [2.05, 4.69) is 5.32 Å². The minimum Gasteiger partial charge on any atom is -0.352 e. The van der Waals surface area contributed by atoms with Crippen LogP contribution in [0.15, 0.2) is 24.3 Å². The van der Waals surface area contributed by atoms with Gasteiger partial charge in [0.15, 0.2) is 0 Å². The maximum atomic E-state index is 12.1. The third-order valence-corrected chi connectivity index (χ3v) is 4.88. The lowest BCUT2D eigenvalue weighted by atomic mass is 10.2. The van der Waals surface area contributed by atoms with Crippen LogP contribution in [0.25, 0.3) is 0 Å². The first kappa shape index (κ1) is 17.2. The molecule has 0 unspecified atom stereocenters. The number of benzene rings is 1. The number of amides is 1. The van der Waals surface area contributed by atoms with Crippen LogP contribution in [0.4, 0.5) is 11.4 Å². The molecule has 0 atom stereocenters. The summed E-state index contributed by atoms with van der Waals surface area (Å²) in [4.78, 5) is 22.3. The summed E-state index contributed by atoms with van der Waals surface area (Å²) in [6, 6.07) is 5.30. The summed E-state index contributed by atoms with van der Waals surface area (Å²) in [7, 11) is -3.74. The SMILES string of the molecule is CS(=O)(=O)N(CC(=O)NC1CCCC1)c1cccc([N+](=O)[O-])c1. The van der Waals surface area contributed by atoms with E-state index in [4.69, 9.17) is 0 Å². The normalized spacial score (nSPS) is 15.3. The van der Waals surface area contributed by atoms with Crippen molar-refractivity contribution in [2.24, 2.45) is 0 Å². The van der Waals surface area contributed by atoms with Crippen LogP contribution >= 0.6 is 0 Å². The quantitative estimate of drug-likeness (QED) is 0.621. The Labute approximate surface area is 134 Å². The number of carbonyl (C=O) groups excluding carboxylic acids is 1. The zero-order valence-electron chi connectivity index (χ0n) is 12.8. The zero-order valence-corrected chi connectivity index (χ0v) is 13.6. The Morgan fingerprint density at radius 3 is 2.61 bits per heavy atom. The number of non-ortho nitro benzene ring substituents is 1. The lowest BCUT2D eigenvalue weighted by Crippen LogP contribution is -2.43. The van der Waals surface area contributed by atoms with Crippen molar-refractivity contribution in [3.63, 3.8) is 0 Å². The minimum atomic E-state index is -3.74. The van der Waals surface area contributed by atoms with Gasteiger partial charge in [-0.15, -0.1) is 0 Å². The molecule has 1 saturated carbocycles. The Morgan fingerprint density at radius 2 is 2.04 bits per heavy atom. The van der Waals surface area contributed by atoms with Crippen LogP contribution in [-0.2, 0) is 14.8 Å². The van der Waals surface area contributed by atoms with Gasteiger partial charge in [-0.25, -0.2) is 8.42 Å². The van der Waals surface area contributed by atoms with Crippen LogP contribution in [0, 0.1) is 10.1 Å². The molecule has 0 bridgehead atoms. The molecule has 1 aromatic rings. The van der Waals surface area contributed by atoms with Crippen molar-refractivity contribution < 1.29 is 18.1 Å². The Morgan fingerprint density at radius 1 is 1.39 bits per heavy atom. The molecule has 2 rings (SSSR count). The molecule has 1 amide bonds. The molecule has 8 nitrogen and oxygen atoms in total. The Hall–Kier alpha value is -2.16. The first-order valence-corrected chi connectivity index (χ1v) is 9.14. The molecule has 0 heterocycles. The molecule has 9 heteroatoms. The van der Waals surface area contributed by atoms with Crippen molar-refractivity contribution in [3.05, 3.63) is 34.4 Å². The molecule has 0 aromatic heterocycles. The predicted octanol–water partition coefficient (Wildman–Crippen LogP) is 1.42. The van der Waals surface area contributed by atoms with Gasteiger partial charge in [-0.05, 0) is 18.9 Å². The fourth-order valence-electron chi connectivity index (χ4n) is 2.64. The van der Waals surface area contributed by atoms with Crippen molar-refractivity contribution in [1.82, 2.24) is 5.32 Å². The van der Waals surface area contributed by atoms with Crippen LogP contribution in [0.5, 0.6) is 0 Å². The third-order valence-electron chi connectivity index (χ3n) is 3.74. The third kappa shape index (κ3) is 4.65.